The Labute approximate surface area is 129 Å². The Morgan fingerprint density at radius 2 is 2.18 bits per heavy atom. The molecule has 1 amide bonds. The van der Waals surface area contributed by atoms with Crippen LogP contribution in [0.15, 0.2) is 27.5 Å². The fourth-order valence-corrected chi connectivity index (χ4v) is 2.74. The molecule has 0 spiro atoms. The molecule has 0 radical (unpaired) electrons. The van der Waals surface area contributed by atoms with Crippen LogP contribution in [0.2, 0.25) is 0 Å². The van der Waals surface area contributed by atoms with Gasteiger partial charge in [-0.1, -0.05) is 19.0 Å². The molecular weight excluding hydrogens is 282 g/mol. The molecule has 3 heterocycles. The molecule has 1 saturated heterocycles. The SMILES string of the molecule is CC(C)c1noc(CC2CCN(C(=O)c3ccoc3)CC2)n1. The monoisotopic (exact) mass is 303 g/mol. The maximum Gasteiger partial charge on any atom is 0.257 e. The molecule has 1 aliphatic heterocycles. The van der Waals surface area contributed by atoms with Gasteiger partial charge in [0.1, 0.15) is 6.26 Å². The highest BCUT2D eigenvalue weighted by Crippen LogP contribution is 2.23. The minimum atomic E-state index is 0.0482. The number of furan rings is 1. The molecule has 0 saturated carbocycles. The van der Waals surface area contributed by atoms with E-state index in [1.54, 1.807) is 6.07 Å². The van der Waals surface area contributed by atoms with Crippen molar-refractivity contribution in [2.75, 3.05) is 13.1 Å². The third-order valence-electron chi connectivity index (χ3n) is 4.13. The molecule has 0 aliphatic carbocycles. The van der Waals surface area contributed by atoms with Crippen LogP contribution in [0.5, 0.6) is 0 Å². The lowest BCUT2D eigenvalue weighted by molar-refractivity contribution is 0.0686. The van der Waals surface area contributed by atoms with Gasteiger partial charge in [-0.25, -0.2) is 0 Å². The Morgan fingerprint density at radius 3 is 2.77 bits per heavy atom. The quantitative estimate of drug-likeness (QED) is 0.868. The molecule has 0 N–H and O–H groups in total. The molecule has 118 valence electrons. The van der Waals surface area contributed by atoms with Gasteiger partial charge in [-0.05, 0) is 24.8 Å². The van der Waals surface area contributed by atoms with Crippen LogP contribution in [0.25, 0.3) is 0 Å². The first-order valence-electron chi connectivity index (χ1n) is 7.77. The Kier molecular flexibility index (Phi) is 4.27. The van der Waals surface area contributed by atoms with Gasteiger partial charge in [0.15, 0.2) is 5.82 Å². The zero-order valence-corrected chi connectivity index (χ0v) is 13.0. The second-order valence-corrected chi connectivity index (χ2v) is 6.15. The highest BCUT2D eigenvalue weighted by molar-refractivity contribution is 5.93. The fourth-order valence-electron chi connectivity index (χ4n) is 2.74. The molecule has 2 aromatic rings. The van der Waals surface area contributed by atoms with Gasteiger partial charge in [-0.3, -0.25) is 4.79 Å². The van der Waals surface area contributed by atoms with Crippen LogP contribution in [0.1, 0.15) is 54.7 Å². The van der Waals surface area contributed by atoms with Gasteiger partial charge in [-0.2, -0.15) is 4.98 Å². The van der Waals surface area contributed by atoms with Crippen LogP contribution in [-0.4, -0.2) is 34.0 Å². The molecule has 0 unspecified atom stereocenters. The lowest BCUT2D eigenvalue weighted by Gasteiger charge is -2.31. The first kappa shape index (κ1) is 14.8. The predicted molar refractivity (Wildman–Crippen MR) is 79.4 cm³/mol. The lowest BCUT2D eigenvalue weighted by atomic mass is 9.93. The van der Waals surface area contributed by atoms with E-state index in [1.165, 1.54) is 12.5 Å². The summed E-state index contributed by atoms with van der Waals surface area (Å²) in [6.07, 6.45) is 5.75. The summed E-state index contributed by atoms with van der Waals surface area (Å²) in [4.78, 5) is 18.5. The van der Waals surface area contributed by atoms with Crippen molar-refractivity contribution in [3.8, 4) is 0 Å². The van der Waals surface area contributed by atoms with Crippen LogP contribution in [0.3, 0.4) is 0 Å². The van der Waals surface area contributed by atoms with Crippen LogP contribution in [0, 0.1) is 5.92 Å². The summed E-state index contributed by atoms with van der Waals surface area (Å²) >= 11 is 0. The van der Waals surface area contributed by atoms with Crippen molar-refractivity contribution < 1.29 is 13.7 Å². The summed E-state index contributed by atoms with van der Waals surface area (Å²) in [7, 11) is 0. The molecule has 1 fully saturated rings. The number of aromatic nitrogens is 2. The molecular formula is C16H21N3O3. The van der Waals surface area contributed by atoms with E-state index in [-0.39, 0.29) is 11.8 Å². The van der Waals surface area contributed by atoms with Crippen LogP contribution < -0.4 is 0 Å². The summed E-state index contributed by atoms with van der Waals surface area (Å²) in [6, 6.07) is 1.71. The Bertz CT molecular complexity index is 610. The maximum absolute atomic E-state index is 12.2. The van der Waals surface area contributed by atoms with E-state index in [2.05, 4.69) is 24.0 Å². The highest BCUT2D eigenvalue weighted by Gasteiger charge is 2.25. The molecule has 6 nitrogen and oxygen atoms in total. The van der Waals surface area contributed by atoms with E-state index in [1.807, 2.05) is 4.90 Å². The van der Waals surface area contributed by atoms with Crippen molar-refractivity contribution in [1.29, 1.82) is 0 Å². The number of hydrogen-bond acceptors (Lipinski definition) is 5. The van der Waals surface area contributed by atoms with Crippen LogP contribution in [0.4, 0.5) is 0 Å². The summed E-state index contributed by atoms with van der Waals surface area (Å²) < 4.78 is 10.3. The van der Waals surface area contributed by atoms with Gasteiger partial charge in [0.25, 0.3) is 5.91 Å². The van der Waals surface area contributed by atoms with E-state index in [0.29, 0.717) is 17.4 Å². The van der Waals surface area contributed by atoms with Gasteiger partial charge in [-0.15, -0.1) is 0 Å². The van der Waals surface area contributed by atoms with Crippen LogP contribution >= 0.6 is 0 Å². The largest absolute Gasteiger partial charge is 0.472 e. The molecule has 0 bridgehead atoms. The topological polar surface area (TPSA) is 72.4 Å². The number of amides is 1. The molecule has 22 heavy (non-hydrogen) atoms. The first-order valence-corrected chi connectivity index (χ1v) is 7.77. The van der Waals surface area contributed by atoms with E-state index in [4.69, 9.17) is 8.94 Å². The predicted octanol–water partition coefficient (Wildman–Crippen LogP) is 2.88. The zero-order valence-electron chi connectivity index (χ0n) is 13.0. The number of carbonyl (C=O) groups excluding carboxylic acids is 1. The van der Waals surface area contributed by atoms with E-state index in [9.17, 15) is 4.79 Å². The van der Waals surface area contributed by atoms with Crippen molar-refractivity contribution in [2.24, 2.45) is 5.92 Å². The summed E-state index contributed by atoms with van der Waals surface area (Å²) in [6.45, 7) is 5.63. The first-order chi connectivity index (χ1) is 10.6. The van der Waals surface area contributed by atoms with Crippen molar-refractivity contribution in [2.45, 2.75) is 39.0 Å². The molecule has 6 heteroatoms. The molecule has 0 atom stereocenters. The van der Waals surface area contributed by atoms with Crippen LogP contribution in [-0.2, 0) is 6.42 Å². The van der Waals surface area contributed by atoms with E-state index >= 15 is 0 Å². The van der Waals surface area contributed by atoms with Crippen molar-refractivity contribution in [1.82, 2.24) is 15.0 Å². The zero-order chi connectivity index (χ0) is 15.5. The minimum Gasteiger partial charge on any atom is -0.472 e. The van der Waals surface area contributed by atoms with Gasteiger partial charge in [0, 0.05) is 25.4 Å². The van der Waals surface area contributed by atoms with Gasteiger partial charge >= 0.3 is 0 Å². The fraction of sp³-hybridized carbons (Fsp3) is 0.562. The molecule has 1 aliphatic rings. The van der Waals surface area contributed by atoms with Gasteiger partial charge < -0.3 is 13.8 Å². The van der Waals surface area contributed by atoms with Gasteiger partial charge in [0.2, 0.25) is 5.89 Å². The van der Waals surface area contributed by atoms with Crippen molar-refractivity contribution in [3.63, 3.8) is 0 Å². The number of carbonyl (C=O) groups is 1. The van der Waals surface area contributed by atoms with E-state index in [0.717, 1.165) is 38.2 Å². The molecule has 2 aromatic heterocycles. The number of hydrogen-bond donors (Lipinski definition) is 0. The summed E-state index contributed by atoms with van der Waals surface area (Å²) in [5.41, 5.74) is 0.622. The second-order valence-electron chi connectivity index (χ2n) is 6.15. The summed E-state index contributed by atoms with van der Waals surface area (Å²) in [5, 5.41) is 4.00. The van der Waals surface area contributed by atoms with Crippen molar-refractivity contribution in [3.05, 3.63) is 35.9 Å². The average Bonchev–Trinajstić information content (AvgIpc) is 3.19. The third-order valence-corrected chi connectivity index (χ3v) is 4.13. The Morgan fingerprint density at radius 1 is 1.41 bits per heavy atom. The maximum atomic E-state index is 12.2. The average molecular weight is 303 g/mol. The van der Waals surface area contributed by atoms with Gasteiger partial charge in [0.05, 0.1) is 11.8 Å². The number of piperidine rings is 1. The standard InChI is InChI=1S/C16H21N3O3/c1-11(2)15-17-14(22-18-15)9-12-3-6-19(7-4-12)16(20)13-5-8-21-10-13/h5,8,10-12H,3-4,6-7,9H2,1-2H3. The number of nitrogens with zero attached hydrogens (tertiary/aromatic N) is 3. The van der Waals surface area contributed by atoms with E-state index < -0.39 is 0 Å². The highest BCUT2D eigenvalue weighted by atomic mass is 16.5. The smallest absolute Gasteiger partial charge is 0.257 e. The Hall–Kier alpha value is -2.11. The molecule has 0 aromatic carbocycles. The third kappa shape index (κ3) is 3.21. The Balaban J connectivity index is 1.52. The summed E-state index contributed by atoms with van der Waals surface area (Å²) in [5.74, 6) is 2.30. The minimum absolute atomic E-state index is 0.0482. The normalized spacial score (nSPS) is 16.4. The second kappa shape index (κ2) is 6.34. The number of likely N-dealkylation sites (tertiary alicyclic amines) is 1. The molecule has 3 rings (SSSR count). The lowest BCUT2D eigenvalue weighted by Crippen LogP contribution is -2.38. The van der Waals surface area contributed by atoms with Crippen molar-refractivity contribution >= 4 is 5.91 Å². The number of rotatable bonds is 4.